The first-order valence-electron chi connectivity index (χ1n) is 10.1. The van der Waals surface area contributed by atoms with Crippen LogP contribution in [0.25, 0.3) is 0 Å². The van der Waals surface area contributed by atoms with E-state index >= 15 is 0 Å². The highest BCUT2D eigenvalue weighted by molar-refractivity contribution is 7.89. The molecule has 1 atom stereocenters. The van der Waals surface area contributed by atoms with Gasteiger partial charge in [0.2, 0.25) is 15.9 Å². The molecule has 3 rings (SSSR count). The molecule has 0 aromatic heterocycles. The third kappa shape index (κ3) is 6.25. The molecule has 0 fully saturated rings. The second-order valence-corrected chi connectivity index (χ2v) is 9.47. The fourth-order valence-corrected chi connectivity index (χ4v) is 4.92. The average molecular weight is 489 g/mol. The Balaban J connectivity index is 1.96. The van der Waals surface area contributed by atoms with Crippen LogP contribution in [0.2, 0.25) is 5.02 Å². The Bertz CT molecular complexity index is 1230. The van der Waals surface area contributed by atoms with Crippen molar-refractivity contribution in [3.05, 3.63) is 82.9 Å². The van der Waals surface area contributed by atoms with Crippen molar-refractivity contribution in [2.24, 2.45) is 0 Å². The van der Waals surface area contributed by atoms with Crippen molar-refractivity contribution in [1.29, 1.82) is 0 Å². The summed E-state index contributed by atoms with van der Waals surface area (Å²) in [5.74, 6) is 0.0465. The van der Waals surface area contributed by atoms with Gasteiger partial charge in [-0.3, -0.25) is 4.79 Å². The number of carbonyl (C=O) groups excluding carboxylic acids is 1. The molecule has 0 bridgehead atoms. The largest absolute Gasteiger partial charge is 0.495 e. The Morgan fingerprint density at radius 1 is 0.970 bits per heavy atom. The van der Waals surface area contributed by atoms with Crippen LogP contribution < -0.4 is 19.5 Å². The number of nitrogens with one attached hydrogen (secondary N) is 2. The average Bonchev–Trinajstić information content (AvgIpc) is 2.79. The molecule has 33 heavy (non-hydrogen) atoms. The number of carbonyl (C=O) groups is 1. The van der Waals surface area contributed by atoms with E-state index in [2.05, 4.69) is 10.0 Å². The highest BCUT2D eigenvalue weighted by Crippen LogP contribution is 2.28. The van der Waals surface area contributed by atoms with Gasteiger partial charge in [0.15, 0.2) is 0 Å². The molecule has 0 aliphatic carbocycles. The Morgan fingerprint density at radius 3 is 2.30 bits per heavy atom. The lowest BCUT2D eigenvalue weighted by Gasteiger charge is -2.20. The number of hydrogen-bond donors (Lipinski definition) is 2. The summed E-state index contributed by atoms with van der Waals surface area (Å²) in [6, 6.07) is 17.6. The molecule has 2 N–H and O–H groups in total. The normalized spacial score (nSPS) is 12.1. The maximum Gasteiger partial charge on any atom is 0.245 e. The number of sulfonamides is 1. The van der Waals surface area contributed by atoms with E-state index in [1.807, 2.05) is 43.3 Å². The van der Waals surface area contributed by atoms with Crippen molar-refractivity contribution in [3.63, 3.8) is 0 Å². The third-order valence-corrected chi connectivity index (χ3v) is 6.65. The molecular weight excluding hydrogens is 464 g/mol. The van der Waals surface area contributed by atoms with E-state index < -0.39 is 22.0 Å². The summed E-state index contributed by atoms with van der Waals surface area (Å²) >= 11 is 6.02. The number of methoxy groups -OCH3 is 2. The predicted octanol–water partition coefficient (Wildman–Crippen LogP) is 4.19. The quantitative estimate of drug-likeness (QED) is 0.471. The van der Waals surface area contributed by atoms with Crippen LogP contribution in [0.4, 0.5) is 5.69 Å². The molecule has 0 saturated heterocycles. The van der Waals surface area contributed by atoms with Gasteiger partial charge in [-0.2, -0.15) is 4.72 Å². The standard InChI is InChI=1S/C24H25ClN2O5S/c1-16-9-11-21(31-2)19(13-16)26-24(28)20(14-17-7-5-4-6-8-17)27-33(29,30)23-15-18(25)10-12-22(23)32-3/h4-13,15,20,27H,14H2,1-3H3,(H,26,28)/t20-/m1/s1. The minimum atomic E-state index is -4.16. The van der Waals surface area contributed by atoms with Crippen LogP contribution in [-0.2, 0) is 21.2 Å². The summed E-state index contributed by atoms with van der Waals surface area (Å²) in [4.78, 5) is 13.1. The molecule has 0 saturated carbocycles. The fraction of sp³-hybridized carbons (Fsp3) is 0.208. The lowest BCUT2D eigenvalue weighted by Crippen LogP contribution is -2.45. The summed E-state index contributed by atoms with van der Waals surface area (Å²) in [5, 5.41) is 3.02. The first kappa shape index (κ1) is 24.6. The lowest BCUT2D eigenvalue weighted by atomic mass is 10.1. The molecule has 7 nitrogen and oxygen atoms in total. The van der Waals surface area contributed by atoms with E-state index in [1.165, 1.54) is 32.4 Å². The molecule has 0 aliphatic heterocycles. The minimum absolute atomic E-state index is 0.117. The number of benzene rings is 3. The van der Waals surface area contributed by atoms with Gasteiger partial charge in [-0.25, -0.2) is 8.42 Å². The molecule has 3 aromatic rings. The van der Waals surface area contributed by atoms with Crippen LogP contribution in [0.5, 0.6) is 11.5 Å². The maximum absolute atomic E-state index is 13.3. The summed E-state index contributed by atoms with van der Waals surface area (Å²) < 4.78 is 39.5. The van der Waals surface area contributed by atoms with E-state index in [9.17, 15) is 13.2 Å². The second kappa shape index (κ2) is 10.7. The van der Waals surface area contributed by atoms with E-state index in [4.69, 9.17) is 21.1 Å². The zero-order valence-electron chi connectivity index (χ0n) is 18.5. The molecule has 0 radical (unpaired) electrons. The van der Waals surface area contributed by atoms with Crippen molar-refractivity contribution in [1.82, 2.24) is 4.72 Å². The summed E-state index contributed by atoms with van der Waals surface area (Å²) in [6.07, 6.45) is 0.128. The first-order chi connectivity index (χ1) is 15.7. The van der Waals surface area contributed by atoms with Gasteiger partial charge in [0, 0.05) is 5.02 Å². The van der Waals surface area contributed by atoms with Crippen molar-refractivity contribution in [3.8, 4) is 11.5 Å². The summed E-state index contributed by atoms with van der Waals surface area (Å²) in [5.41, 5.74) is 2.14. The molecule has 0 heterocycles. The van der Waals surface area contributed by atoms with Crippen molar-refractivity contribution >= 4 is 33.2 Å². The number of anilines is 1. The maximum atomic E-state index is 13.3. The van der Waals surface area contributed by atoms with Crippen LogP contribution in [0.1, 0.15) is 11.1 Å². The molecule has 1 amide bonds. The van der Waals surface area contributed by atoms with Crippen LogP contribution in [-0.4, -0.2) is 34.6 Å². The number of ether oxygens (including phenoxy) is 2. The molecule has 3 aromatic carbocycles. The topological polar surface area (TPSA) is 93.7 Å². The summed E-state index contributed by atoms with van der Waals surface area (Å²) in [7, 11) is -1.30. The van der Waals surface area contributed by atoms with Crippen molar-refractivity contribution in [2.45, 2.75) is 24.3 Å². The van der Waals surface area contributed by atoms with Gasteiger partial charge in [-0.05, 0) is 54.8 Å². The zero-order valence-corrected chi connectivity index (χ0v) is 20.0. The Kier molecular flexibility index (Phi) is 7.97. The molecule has 0 spiro atoms. The highest BCUT2D eigenvalue weighted by atomic mass is 35.5. The molecule has 0 aliphatic rings. The van der Waals surface area contributed by atoms with Crippen LogP contribution in [0.15, 0.2) is 71.6 Å². The minimum Gasteiger partial charge on any atom is -0.495 e. The summed E-state index contributed by atoms with van der Waals surface area (Å²) in [6.45, 7) is 1.88. The van der Waals surface area contributed by atoms with E-state index in [0.717, 1.165) is 11.1 Å². The smallest absolute Gasteiger partial charge is 0.245 e. The SMILES string of the molecule is COc1ccc(C)cc1NC(=O)[C@@H](Cc1ccccc1)NS(=O)(=O)c1cc(Cl)ccc1OC. The molecule has 9 heteroatoms. The van der Waals surface area contributed by atoms with E-state index in [1.54, 1.807) is 12.1 Å². The Labute approximate surface area is 198 Å². The number of rotatable bonds is 9. The monoisotopic (exact) mass is 488 g/mol. The van der Waals surface area contributed by atoms with Gasteiger partial charge in [-0.15, -0.1) is 0 Å². The van der Waals surface area contributed by atoms with Gasteiger partial charge in [0.05, 0.1) is 19.9 Å². The number of aryl methyl sites for hydroxylation is 1. The third-order valence-electron chi connectivity index (χ3n) is 4.92. The highest BCUT2D eigenvalue weighted by Gasteiger charge is 2.29. The van der Waals surface area contributed by atoms with Crippen LogP contribution in [0, 0.1) is 6.92 Å². The zero-order chi connectivity index (χ0) is 24.0. The van der Waals surface area contributed by atoms with Crippen LogP contribution in [0.3, 0.4) is 0 Å². The predicted molar refractivity (Wildman–Crippen MR) is 129 cm³/mol. The van der Waals surface area contributed by atoms with Gasteiger partial charge < -0.3 is 14.8 Å². The first-order valence-corrected chi connectivity index (χ1v) is 11.9. The van der Waals surface area contributed by atoms with Crippen molar-refractivity contribution in [2.75, 3.05) is 19.5 Å². The molecule has 0 unspecified atom stereocenters. The number of amides is 1. The van der Waals surface area contributed by atoms with Gasteiger partial charge in [-0.1, -0.05) is 48.0 Å². The fourth-order valence-electron chi connectivity index (χ4n) is 3.29. The van der Waals surface area contributed by atoms with Gasteiger partial charge in [0.1, 0.15) is 22.4 Å². The lowest BCUT2D eigenvalue weighted by molar-refractivity contribution is -0.117. The second-order valence-electron chi connectivity index (χ2n) is 7.35. The number of halogens is 1. The van der Waals surface area contributed by atoms with Crippen molar-refractivity contribution < 1.29 is 22.7 Å². The van der Waals surface area contributed by atoms with Gasteiger partial charge >= 0.3 is 0 Å². The molecular formula is C24H25ClN2O5S. The van der Waals surface area contributed by atoms with E-state index in [0.29, 0.717) is 11.4 Å². The Morgan fingerprint density at radius 2 is 1.64 bits per heavy atom. The van der Waals surface area contributed by atoms with E-state index in [-0.39, 0.29) is 22.1 Å². The number of hydrogen-bond acceptors (Lipinski definition) is 5. The Hall–Kier alpha value is -3.07. The van der Waals surface area contributed by atoms with Crippen LogP contribution >= 0.6 is 11.6 Å². The van der Waals surface area contributed by atoms with Gasteiger partial charge in [0.25, 0.3) is 0 Å². The molecule has 174 valence electrons.